The summed E-state index contributed by atoms with van der Waals surface area (Å²) < 4.78 is 1.99. The number of piperidine rings is 1. The Morgan fingerprint density at radius 2 is 2.00 bits per heavy atom. The molecule has 0 amide bonds. The molecule has 1 aliphatic rings. The van der Waals surface area contributed by atoms with E-state index in [1.54, 1.807) is 0 Å². The van der Waals surface area contributed by atoms with Gasteiger partial charge in [-0.3, -0.25) is 0 Å². The lowest BCUT2D eigenvalue weighted by molar-refractivity contribution is 0.280. The van der Waals surface area contributed by atoms with Gasteiger partial charge >= 0.3 is 0 Å². The molecular weight excluding hydrogens is 262 g/mol. The molecule has 1 atom stereocenters. The number of aryl methyl sites for hydroxylation is 1. The van der Waals surface area contributed by atoms with Gasteiger partial charge in [-0.25, -0.2) is 4.68 Å². The fraction of sp³-hybridized carbons (Fsp3) is 0.471. The van der Waals surface area contributed by atoms with Gasteiger partial charge in [0.15, 0.2) is 0 Å². The maximum absolute atomic E-state index is 9.80. The standard InChI is InChI=1S/C17H23N3O/c1-13-8-6-7-11-19(13)17-16(12-21)14(2)18-20(17)15-9-4-3-5-10-15/h3-5,9-10,13,21H,6-8,11-12H2,1-2H3. The highest BCUT2D eigenvalue weighted by Gasteiger charge is 2.26. The number of rotatable bonds is 3. The van der Waals surface area contributed by atoms with Crippen molar-refractivity contribution in [3.05, 3.63) is 41.6 Å². The van der Waals surface area contributed by atoms with Gasteiger partial charge in [-0.1, -0.05) is 18.2 Å². The maximum Gasteiger partial charge on any atom is 0.138 e. The molecule has 4 nitrogen and oxygen atoms in total. The van der Waals surface area contributed by atoms with E-state index in [1.807, 2.05) is 29.8 Å². The van der Waals surface area contributed by atoms with Crippen LogP contribution in [0.3, 0.4) is 0 Å². The van der Waals surface area contributed by atoms with Crippen molar-refractivity contribution in [2.45, 2.75) is 45.8 Å². The smallest absolute Gasteiger partial charge is 0.138 e. The number of benzene rings is 1. The normalized spacial score (nSPS) is 19.0. The first-order chi connectivity index (χ1) is 10.2. The van der Waals surface area contributed by atoms with Crippen molar-refractivity contribution in [2.75, 3.05) is 11.4 Å². The number of aliphatic hydroxyl groups is 1. The summed E-state index contributed by atoms with van der Waals surface area (Å²) in [5.74, 6) is 1.06. The van der Waals surface area contributed by atoms with Crippen molar-refractivity contribution < 1.29 is 5.11 Å². The summed E-state index contributed by atoms with van der Waals surface area (Å²) in [5.41, 5.74) is 2.91. The monoisotopic (exact) mass is 285 g/mol. The van der Waals surface area contributed by atoms with Crippen molar-refractivity contribution in [1.29, 1.82) is 0 Å². The topological polar surface area (TPSA) is 41.3 Å². The largest absolute Gasteiger partial charge is 0.391 e. The Bertz CT molecular complexity index is 606. The quantitative estimate of drug-likeness (QED) is 0.942. The molecule has 1 fully saturated rings. The first kappa shape index (κ1) is 14.1. The van der Waals surface area contributed by atoms with Crippen LogP contribution in [0.25, 0.3) is 5.69 Å². The molecule has 0 spiro atoms. The number of hydrogen-bond acceptors (Lipinski definition) is 3. The van der Waals surface area contributed by atoms with Crippen LogP contribution in [0.1, 0.15) is 37.4 Å². The molecule has 1 N–H and O–H groups in total. The molecule has 112 valence electrons. The first-order valence-corrected chi connectivity index (χ1v) is 7.73. The summed E-state index contributed by atoms with van der Waals surface area (Å²) in [6, 6.07) is 10.7. The van der Waals surface area contributed by atoms with Gasteiger partial charge in [0.1, 0.15) is 5.82 Å². The number of anilines is 1. The molecular formula is C17H23N3O. The number of aromatic nitrogens is 2. The van der Waals surface area contributed by atoms with Gasteiger partial charge in [-0.05, 0) is 45.2 Å². The zero-order chi connectivity index (χ0) is 14.8. The van der Waals surface area contributed by atoms with Crippen LogP contribution >= 0.6 is 0 Å². The van der Waals surface area contributed by atoms with E-state index in [2.05, 4.69) is 29.1 Å². The first-order valence-electron chi connectivity index (χ1n) is 7.73. The summed E-state index contributed by atoms with van der Waals surface area (Å²) in [7, 11) is 0. The molecule has 1 aromatic heterocycles. The van der Waals surface area contributed by atoms with Crippen LogP contribution in [-0.4, -0.2) is 27.5 Å². The number of aliphatic hydroxyl groups excluding tert-OH is 1. The van der Waals surface area contributed by atoms with Crippen molar-refractivity contribution in [2.24, 2.45) is 0 Å². The zero-order valence-corrected chi connectivity index (χ0v) is 12.8. The molecule has 1 aromatic carbocycles. The molecule has 4 heteroatoms. The molecule has 0 bridgehead atoms. The molecule has 1 saturated heterocycles. The van der Waals surface area contributed by atoms with E-state index in [0.29, 0.717) is 6.04 Å². The van der Waals surface area contributed by atoms with Crippen molar-refractivity contribution >= 4 is 5.82 Å². The molecule has 21 heavy (non-hydrogen) atoms. The van der Waals surface area contributed by atoms with E-state index >= 15 is 0 Å². The van der Waals surface area contributed by atoms with Crippen LogP contribution in [0.4, 0.5) is 5.82 Å². The summed E-state index contributed by atoms with van der Waals surface area (Å²) >= 11 is 0. The van der Waals surface area contributed by atoms with Crippen LogP contribution in [0.5, 0.6) is 0 Å². The fourth-order valence-corrected chi connectivity index (χ4v) is 3.19. The maximum atomic E-state index is 9.80. The van der Waals surface area contributed by atoms with Crippen LogP contribution < -0.4 is 4.90 Å². The number of hydrogen-bond donors (Lipinski definition) is 1. The lowest BCUT2D eigenvalue weighted by Gasteiger charge is -2.36. The Hall–Kier alpha value is -1.81. The predicted molar refractivity (Wildman–Crippen MR) is 84.9 cm³/mol. The Morgan fingerprint density at radius 3 is 2.67 bits per heavy atom. The highest BCUT2D eigenvalue weighted by atomic mass is 16.3. The lowest BCUT2D eigenvalue weighted by Crippen LogP contribution is -2.39. The average molecular weight is 285 g/mol. The summed E-state index contributed by atoms with van der Waals surface area (Å²) in [6.07, 6.45) is 3.68. The Morgan fingerprint density at radius 1 is 1.24 bits per heavy atom. The van der Waals surface area contributed by atoms with Crippen molar-refractivity contribution in [1.82, 2.24) is 9.78 Å². The second-order valence-electron chi connectivity index (χ2n) is 5.83. The minimum atomic E-state index is 0.0389. The van der Waals surface area contributed by atoms with Gasteiger partial charge in [0.05, 0.1) is 18.0 Å². The molecule has 2 aromatic rings. The average Bonchev–Trinajstić information content (AvgIpc) is 2.85. The van der Waals surface area contributed by atoms with Gasteiger partial charge < -0.3 is 10.0 Å². The van der Waals surface area contributed by atoms with E-state index in [4.69, 9.17) is 0 Å². The van der Waals surface area contributed by atoms with Crippen LogP contribution in [-0.2, 0) is 6.61 Å². The van der Waals surface area contributed by atoms with Crippen LogP contribution in [0, 0.1) is 6.92 Å². The van der Waals surface area contributed by atoms with Gasteiger partial charge in [0.25, 0.3) is 0 Å². The third kappa shape index (κ3) is 2.56. The Labute approximate surface area is 126 Å². The Balaban J connectivity index is 2.12. The predicted octanol–water partition coefficient (Wildman–Crippen LogP) is 3.05. The molecule has 0 radical (unpaired) electrons. The van der Waals surface area contributed by atoms with E-state index < -0.39 is 0 Å². The van der Waals surface area contributed by atoms with E-state index in [1.165, 1.54) is 19.3 Å². The number of nitrogens with zero attached hydrogens (tertiary/aromatic N) is 3. The second kappa shape index (κ2) is 5.90. The van der Waals surface area contributed by atoms with Gasteiger partial charge in [-0.15, -0.1) is 0 Å². The summed E-state index contributed by atoms with van der Waals surface area (Å²) in [4.78, 5) is 2.40. The zero-order valence-electron chi connectivity index (χ0n) is 12.8. The molecule has 0 aliphatic carbocycles. The molecule has 0 saturated carbocycles. The fourth-order valence-electron chi connectivity index (χ4n) is 3.19. The lowest BCUT2D eigenvalue weighted by atomic mass is 10.0. The molecule has 1 unspecified atom stereocenters. The summed E-state index contributed by atoms with van der Waals surface area (Å²) in [5, 5.41) is 14.5. The molecule has 2 heterocycles. The molecule has 1 aliphatic heterocycles. The van der Waals surface area contributed by atoms with E-state index in [0.717, 1.165) is 29.3 Å². The minimum Gasteiger partial charge on any atom is -0.391 e. The van der Waals surface area contributed by atoms with Gasteiger partial charge in [-0.2, -0.15) is 5.10 Å². The highest BCUT2D eigenvalue weighted by Crippen LogP contribution is 2.32. The summed E-state index contributed by atoms with van der Waals surface area (Å²) in [6.45, 7) is 5.31. The third-order valence-corrected chi connectivity index (χ3v) is 4.39. The Kier molecular flexibility index (Phi) is 3.97. The highest BCUT2D eigenvalue weighted by molar-refractivity contribution is 5.56. The van der Waals surface area contributed by atoms with E-state index in [-0.39, 0.29) is 6.61 Å². The third-order valence-electron chi connectivity index (χ3n) is 4.39. The van der Waals surface area contributed by atoms with E-state index in [9.17, 15) is 5.11 Å². The van der Waals surface area contributed by atoms with Crippen molar-refractivity contribution in [3.8, 4) is 5.69 Å². The molecule has 3 rings (SSSR count). The van der Waals surface area contributed by atoms with Gasteiger partial charge in [0.2, 0.25) is 0 Å². The second-order valence-corrected chi connectivity index (χ2v) is 5.83. The van der Waals surface area contributed by atoms with Crippen molar-refractivity contribution in [3.63, 3.8) is 0 Å². The van der Waals surface area contributed by atoms with Crippen LogP contribution in [0.15, 0.2) is 30.3 Å². The SMILES string of the molecule is Cc1nn(-c2ccccc2)c(N2CCCCC2C)c1CO. The minimum absolute atomic E-state index is 0.0389. The number of para-hydroxylation sites is 1. The van der Waals surface area contributed by atoms with Gasteiger partial charge in [0, 0.05) is 18.2 Å². The van der Waals surface area contributed by atoms with Crippen LogP contribution in [0.2, 0.25) is 0 Å².